The highest BCUT2D eigenvalue weighted by Gasteiger charge is 2.16. The Morgan fingerprint density at radius 3 is 2.46 bits per heavy atom. The Hall–Kier alpha value is -3.98. The Labute approximate surface area is 161 Å². The Bertz CT molecular complexity index is 1060. The highest BCUT2D eigenvalue weighted by atomic mass is 19.1. The maximum atomic E-state index is 13.1. The van der Waals surface area contributed by atoms with E-state index in [4.69, 9.17) is 4.74 Å². The molecule has 0 saturated heterocycles. The predicted octanol–water partition coefficient (Wildman–Crippen LogP) is 5.38. The van der Waals surface area contributed by atoms with E-state index in [0.717, 1.165) is 5.56 Å². The number of nitriles is 1. The molecule has 0 N–H and O–H groups in total. The summed E-state index contributed by atoms with van der Waals surface area (Å²) >= 11 is 0. The van der Waals surface area contributed by atoms with E-state index in [1.54, 1.807) is 6.07 Å². The molecule has 0 heterocycles. The van der Waals surface area contributed by atoms with Gasteiger partial charge in [0.05, 0.1) is 16.6 Å². The van der Waals surface area contributed by atoms with E-state index < -0.39 is 10.7 Å². The molecule has 0 radical (unpaired) electrons. The van der Waals surface area contributed by atoms with Crippen molar-refractivity contribution in [2.75, 3.05) is 0 Å². The van der Waals surface area contributed by atoms with Crippen LogP contribution in [0.15, 0.2) is 72.8 Å². The normalized spacial score (nSPS) is 10.9. The first-order chi connectivity index (χ1) is 13.6. The highest BCUT2D eigenvalue weighted by Crippen LogP contribution is 2.30. The van der Waals surface area contributed by atoms with Crippen molar-refractivity contribution in [1.29, 1.82) is 5.26 Å². The number of halogens is 1. The number of rotatable bonds is 6. The number of hydrogen-bond acceptors (Lipinski definition) is 4. The zero-order valence-corrected chi connectivity index (χ0v) is 14.7. The van der Waals surface area contributed by atoms with Crippen LogP contribution in [0.4, 0.5) is 10.1 Å². The van der Waals surface area contributed by atoms with Gasteiger partial charge in [0, 0.05) is 6.07 Å². The van der Waals surface area contributed by atoms with Crippen LogP contribution in [0, 0.1) is 27.3 Å². The lowest BCUT2D eigenvalue weighted by atomic mass is 10.0. The minimum atomic E-state index is -0.526. The number of allylic oxidation sites excluding steroid dienone is 1. The molecule has 0 spiro atoms. The Kier molecular flexibility index (Phi) is 5.78. The van der Waals surface area contributed by atoms with Gasteiger partial charge in [-0.15, -0.1) is 0 Å². The second-order valence-electron chi connectivity index (χ2n) is 5.94. The van der Waals surface area contributed by atoms with Gasteiger partial charge in [-0.1, -0.05) is 48.5 Å². The van der Waals surface area contributed by atoms with Crippen LogP contribution in [-0.4, -0.2) is 4.92 Å². The van der Waals surface area contributed by atoms with E-state index >= 15 is 0 Å². The van der Waals surface area contributed by atoms with Gasteiger partial charge in [0.25, 0.3) is 0 Å². The molecule has 0 unspecified atom stereocenters. The molecule has 5 nitrogen and oxygen atoms in total. The molecule has 0 amide bonds. The lowest BCUT2D eigenvalue weighted by Crippen LogP contribution is -1.99. The van der Waals surface area contributed by atoms with E-state index in [2.05, 4.69) is 0 Å². The number of nitro groups is 1. The summed E-state index contributed by atoms with van der Waals surface area (Å²) in [6.07, 6.45) is 1.52. The summed E-state index contributed by atoms with van der Waals surface area (Å²) in [6.45, 7) is 0.204. The molecule has 0 aromatic heterocycles. The molecule has 6 heteroatoms. The van der Waals surface area contributed by atoms with Crippen molar-refractivity contribution in [2.45, 2.75) is 6.61 Å². The second-order valence-corrected chi connectivity index (χ2v) is 5.94. The Morgan fingerprint density at radius 1 is 1.11 bits per heavy atom. The summed E-state index contributed by atoms with van der Waals surface area (Å²) < 4.78 is 18.7. The van der Waals surface area contributed by atoms with Crippen LogP contribution < -0.4 is 4.74 Å². The lowest BCUT2D eigenvalue weighted by Gasteiger charge is -2.08. The van der Waals surface area contributed by atoms with Crippen LogP contribution >= 0.6 is 0 Å². The molecule has 0 fully saturated rings. The molecule has 0 atom stereocenters. The largest absolute Gasteiger partial charge is 0.482 e. The summed E-state index contributed by atoms with van der Waals surface area (Å²) in [4.78, 5) is 10.9. The summed E-state index contributed by atoms with van der Waals surface area (Å²) in [5.74, 6) is -0.261. The van der Waals surface area contributed by atoms with Gasteiger partial charge in [-0.2, -0.15) is 5.26 Å². The molecule has 0 saturated carbocycles. The molecular formula is C22H15FN2O3. The predicted molar refractivity (Wildman–Crippen MR) is 104 cm³/mol. The van der Waals surface area contributed by atoms with Crippen molar-refractivity contribution in [3.05, 3.63) is 105 Å². The van der Waals surface area contributed by atoms with Crippen LogP contribution in [0.3, 0.4) is 0 Å². The molecular weight excluding hydrogens is 359 g/mol. The summed E-state index contributed by atoms with van der Waals surface area (Å²) in [5.41, 5.74) is 1.97. The number of nitro benzene ring substituents is 1. The zero-order chi connectivity index (χ0) is 19.9. The van der Waals surface area contributed by atoms with E-state index in [0.29, 0.717) is 11.1 Å². The van der Waals surface area contributed by atoms with Crippen molar-refractivity contribution in [1.82, 2.24) is 0 Å². The molecule has 0 aliphatic heterocycles. The minimum Gasteiger partial charge on any atom is -0.482 e. The second kappa shape index (κ2) is 8.60. The van der Waals surface area contributed by atoms with Crippen LogP contribution in [-0.2, 0) is 6.61 Å². The summed E-state index contributed by atoms with van der Waals surface area (Å²) in [7, 11) is 0. The molecule has 138 valence electrons. The van der Waals surface area contributed by atoms with Gasteiger partial charge in [-0.05, 0) is 41.0 Å². The van der Waals surface area contributed by atoms with Gasteiger partial charge in [-0.25, -0.2) is 4.39 Å². The van der Waals surface area contributed by atoms with Crippen molar-refractivity contribution < 1.29 is 14.1 Å². The Balaban J connectivity index is 1.88. The van der Waals surface area contributed by atoms with Crippen molar-refractivity contribution in [3.63, 3.8) is 0 Å². The van der Waals surface area contributed by atoms with Crippen LogP contribution in [0.25, 0.3) is 11.6 Å². The van der Waals surface area contributed by atoms with Crippen molar-refractivity contribution in [2.24, 2.45) is 0 Å². The first-order valence-electron chi connectivity index (χ1n) is 8.40. The summed E-state index contributed by atoms with van der Waals surface area (Å²) in [5, 5.41) is 20.8. The standard InChI is InChI=1S/C22H15FN2O3/c23-20-9-7-18(8-10-20)19(14-24)12-17-6-11-22(21(13-17)25(26)27)28-15-16-4-2-1-3-5-16/h1-13H,15H2/b19-12-. The molecule has 0 aliphatic rings. The maximum absolute atomic E-state index is 13.1. The zero-order valence-electron chi connectivity index (χ0n) is 14.7. The first-order valence-corrected chi connectivity index (χ1v) is 8.40. The fraction of sp³-hybridized carbons (Fsp3) is 0.0455. The topological polar surface area (TPSA) is 76.2 Å². The first kappa shape index (κ1) is 18.8. The number of hydrogen-bond donors (Lipinski definition) is 0. The maximum Gasteiger partial charge on any atom is 0.311 e. The van der Waals surface area contributed by atoms with Gasteiger partial charge >= 0.3 is 5.69 Å². The van der Waals surface area contributed by atoms with Gasteiger partial charge in [0.2, 0.25) is 0 Å². The van der Waals surface area contributed by atoms with E-state index in [-0.39, 0.29) is 23.6 Å². The van der Waals surface area contributed by atoms with E-state index in [1.165, 1.54) is 42.5 Å². The third kappa shape index (κ3) is 4.59. The smallest absolute Gasteiger partial charge is 0.311 e. The van der Waals surface area contributed by atoms with Gasteiger partial charge in [-0.3, -0.25) is 10.1 Å². The number of nitrogens with zero attached hydrogens (tertiary/aromatic N) is 2. The quantitative estimate of drug-likeness (QED) is 0.251. The average Bonchev–Trinajstić information content (AvgIpc) is 2.72. The van der Waals surface area contributed by atoms with Gasteiger partial charge in [0.1, 0.15) is 12.4 Å². The van der Waals surface area contributed by atoms with Crippen molar-refractivity contribution >= 4 is 17.3 Å². The third-order valence-electron chi connectivity index (χ3n) is 4.00. The molecule has 3 rings (SSSR count). The molecule has 3 aromatic carbocycles. The SMILES string of the molecule is N#C/C(=C/c1ccc(OCc2ccccc2)c([N+](=O)[O-])c1)c1ccc(F)cc1. The summed E-state index contributed by atoms with van der Waals surface area (Å²) in [6, 6.07) is 21.3. The molecule has 28 heavy (non-hydrogen) atoms. The third-order valence-corrected chi connectivity index (χ3v) is 4.00. The average molecular weight is 374 g/mol. The fourth-order valence-electron chi connectivity index (χ4n) is 2.60. The monoisotopic (exact) mass is 374 g/mol. The van der Waals surface area contributed by atoms with E-state index in [1.807, 2.05) is 36.4 Å². The Morgan fingerprint density at radius 2 is 1.82 bits per heavy atom. The molecule has 0 bridgehead atoms. The molecule has 3 aromatic rings. The minimum absolute atomic E-state index is 0.145. The lowest BCUT2D eigenvalue weighted by molar-refractivity contribution is -0.386. The van der Waals surface area contributed by atoms with Crippen LogP contribution in [0.2, 0.25) is 0 Å². The van der Waals surface area contributed by atoms with Gasteiger partial charge in [0.15, 0.2) is 5.75 Å². The van der Waals surface area contributed by atoms with Gasteiger partial charge < -0.3 is 4.74 Å². The molecule has 0 aliphatic carbocycles. The van der Waals surface area contributed by atoms with Crippen LogP contribution in [0.1, 0.15) is 16.7 Å². The number of benzene rings is 3. The van der Waals surface area contributed by atoms with Crippen molar-refractivity contribution in [3.8, 4) is 11.8 Å². The highest BCUT2D eigenvalue weighted by molar-refractivity contribution is 5.90. The number of ether oxygens (including phenoxy) is 1. The van der Waals surface area contributed by atoms with Crippen LogP contribution in [0.5, 0.6) is 5.75 Å². The fourth-order valence-corrected chi connectivity index (χ4v) is 2.60. The van der Waals surface area contributed by atoms with E-state index in [9.17, 15) is 19.8 Å².